The first kappa shape index (κ1) is 13.3. The van der Waals surface area contributed by atoms with E-state index < -0.39 is 0 Å². The molecule has 1 aromatic heterocycles. The molecule has 0 spiro atoms. The van der Waals surface area contributed by atoms with Crippen LogP contribution in [0, 0.1) is 12.8 Å². The number of hydrogen-bond acceptors (Lipinski definition) is 4. The molecule has 0 radical (unpaired) electrons. The summed E-state index contributed by atoms with van der Waals surface area (Å²) in [5.74, 6) is 1.72. The van der Waals surface area contributed by atoms with E-state index in [0.717, 1.165) is 41.6 Å². The van der Waals surface area contributed by atoms with Gasteiger partial charge in [-0.2, -0.15) is 0 Å². The maximum atomic E-state index is 4.67. The fourth-order valence-corrected chi connectivity index (χ4v) is 2.82. The van der Waals surface area contributed by atoms with Gasteiger partial charge < -0.3 is 10.6 Å². The normalized spacial score (nSPS) is 19.1. The molecule has 4 heteroatoms. The highest BCUT2D eigenvalue weighted by atomic mass is 15.0. The average molecular weight is 270 g/mol. The van der Waals surface area contributed by atoms with E-state index in [4.69, 9.17) is 0 Å². The van der Waals surface area contributed by atoms with E-state index in [0.29, 0.717) is 0 Å². The number of aryl methyl sites for hydroxylation is 1. The van der Waals surface area contributed by atoms with Crippen molar-refractivity contribution in [2.45, 2.75) is 26.2 Å². The highest BCUT2D eigenvalue weighted by Gasteiger charge is 2.12. The van der Waals surface area contributed by atoms with Crippen molar-refractivity contribution >= 4 is 16.9 Å². The Morgan fingerprint density at radius 2 is 2.05 bits per heavy atom. The number of para-hydroxylation sites is 2. The minimum absolute atomic E-state index is 0.796. The molecule has 1 atom stereocenters. The third-order valence-electron chi connectivity index (χ3n) is 3.99. The van der Waals surface area contributed by atoms with E-state index in [1.165, 1.54) is 25.8 Å². The van der Waals surface area contributed by atoms with Gasteiger partial charge in [0.25, 0.3) is 0 Å². The fraction of sp³-hybridized carbons (Fsp3) is 0.500. The van der Waals surface area contributed by atoms with Crippen LogP contribution in [-0.4, -0.2) is 29.6 Å². The Labute approximate surface area is 120 Å². The maximum absolute atomic E-state index is 4.67. The maximum Gasteiger partial charge on any atom is 0.148 e. The molecule has 1 saturated heterocycles. The summed E-state index contributed by atoms with van der Waals surface area (Å²) in [5.41, 5.74) is 2.90. The molecular formula is C16H22N4. The van der Waals surface area contributed by atoms with Crippen molar-refractivity contribution in [3.63, 3.8) is 0 Å². The van der Waals surface area contributed by atoms with Gasteiger partial charge in [0, 0.05) is 6.54 Å². The average Bonchev–Trinajstić information content (AvgIpc) is 2.49. The zero-order valence-corrected chi connectivity index (χ0v) is 12.0. The van der Waals surface area contributed by atoms with Crippen LogP contribution >= 0.6 is 0 Å². The van der Waals surface area contributed by atoms with Crippen LogP contribution in [0.4, 0.5) is 5.82 Å². The number of nitrogens with one attached hydrogen (secondary N) is 2. The lowest BCUT2D eigenvalue weighted by molar-refractivity contribution is 0.364. The molecule has 3 rings (SSSR count). The van der Waals surface area contributed by atoms with Crippen molar-refractivity contribution < 1.29 is 0 Å². The molecule has 0 bridgehead atoms. The first-order valence-electron chi connectivity index (χ1n) is 7.51. The standard InChI is InChI=1S/C16H22N4/c1-12-16(18-10-8-13-5-4-9-17-11-13)20-15-7-3-2-6-14(15)19-12/h2-3,6-7,13,17H,4-5,8-11H2,1H3,(H,18,20). The molecule has 0 aliphatic carbocycles. The summed E-state index contributed by atoms with van der Waals surface area (Å²) in [7, 11) is 0. The second kappa shape index (κ2) is 6.18. The smallest absolute Gasteiger partial charge is 0.148 e. The fourth-order valence-electron chi connectivity index (χ4n) is 2.82. The van der Waals surface area contributed by atoms with Gasteiger partial charge in [0.15, 0.2) is 0 Å². The van der Waals surface area contributed by atoms with Crippen LogP contribution < -0.4 is 10.6 Å². The number of aromatic nitrogens is 2. The Hall–Kier alpha value is -1.68. The summed E-state index contributed by atoms with van der Waals surface area (Å²) in [4.78, 5) is 9.27. The van der Waals surface area contributed by atoms with Crippen LogP contribution in [-0.2, 0) is 0 Å². The van der Waals surface area contributed by atoms with E-state index >= 15 is 0 Å². The van der Waals surface area contributed by atoms with Crippen molar-refractivity contribution in [1.82, 2.24) is 15.3 Å². The molecule has 4 nitrogen and oxygen atoms in total. The van der Waals surface area contributed by atoms with Crippen LogP contribution in [0.2, 0.25) is 0 Å². The highest BCUT2D eigenvalue weighted by Crippen LogP contribution is 2.17. The predicted molar refractivity (Wildman–Crippen MR) is 83.0 cm³/mol. The van der Waals surface area contributed by atoms with Gasteiger partial charge in [0.05, 0.1) is 16.7 Å². The molecule has 0 amide bonds. The third-order valence-corrected chi connectivity index (χ3v) is 3.99. The highest BCUT2D eigenvalue weighted by molar-refractivity contribution is 5.76. The predicted octanol–water partition coefficient (Wildman–Crippen LogP) is 2.74. The van der Waals surface area contributed by atoms with E-state index in [-0.39, 0.29) is 0 Å². The van der Waals surface area contributed by atoms with Gasteiger partial charge >= 0.3 is 0 Å². The first-order valence-corrected chi connectivity index (χ1v) is 7.51. The largest absolute Gasteiger partial charge is 0.369 e. The summed E-state index contributed by atoms with van der Waals surface area (Å²) in [5, 5.41) is 6.91. The van der Waals surface area contributed by atoms with Gasteiger partial charge in [-0.1, -0.05) is 12.1 Å². The topological polar surface area (TPSA) is 49.8 Å². The Balaban J connectivity index is 1.63. The Morgan fingerprint density at radius 3 is 2.80 bits per heavy atom. The number of benzene rings is 1. The van der Waals surface area contributed by atoms with Crippen LogP contribution in [0.1, 0.15) is 25.0 Å². The van der Waals surface area contributed by atoms with Crippen LogP contribution in [0.3, 0.4) is 0 Å². The minimum atomic E-state index is 0.796. The van der Waals surface area contributed by atoms with E-state index in [2.05, 4.69) is 20.6 Å². The Kier molecular flexibility index (Phi) is 4.11. The first-order chi connectivity index (χ1) is 9.83. The van der Waals surface area contributed by atoms with Crippen LogP contribution in [0.25, 0.3) is 11.0 Å². The number of piperidine rings is 1. The summed E-state index contributed by atoms with van der Waals surface area (Å²) in [6.45, 7) is 5.33. The molecule has 1 aliphatic rings. The lowest BCUT2D eigenvalue weighted by Crippen LogP contribution is -2.30. The van der Waals surface area contributed by atoms with Crippen molar-refractivity contribution in [1.29, 1.82) is 0 Å². The molecule has 1 unspecified atom stereocenters. The lowest BCUT2D eigenvalue weighted by atomic mass is 9.96. The Morgan fingerprint density at radius 1 is 1.25 bits per heavy atom. The zero-order valence-electron chi connectivity index (χ0n) is 12.0. The molecule has 1 aliphatic heterocycles. The minimum Gasteiger partial charge on any atom is -0.369 e. The lowest BCUT2D eigenvalue weighted by Gasteiger charge is -2.22. The van der Waals surface area contributed by atoms with Crippen molar-refractivity contribution in [3.05, 3.63) is 30.0 Å². The van der Waals surface area contributed by atoms with Gasteiger partial charge in [-0.15, -0.1) is 0 Å². The quantitative estimate of drug-likeness (QED) is 0.897. The second-order valence-electron chi connectivity index (χ2n) is 5.57. The van der Waals surface area contributed by atoms with Crippen LogP contribution in [0.5, 0.6) is 0 Å². The van der Waals surface area contributed by atoms with Gasteiger partial charge in [-0.05, 0) is 57.3 Å². The van der Waals surface area contributed by atoms with Gasteiger partial charge in [-0.3, -0.25) is 0 Å². The van der Waals surface area contributed by atoms with Crippen molar-refractivity contribution in [2.24, 2.45) is 5.92 Å². The number of rotatable bonds is 4. The summed E-state index contributed by atoms with van der Waals surface area (Å²) < 4.78 is 0. The van der Waals surface area contributed by atoms with Crippen molar-refractivity contribution in [2.75, 3.05) is 25.0 Å². The third kappa shape index (κ3) is 3.07. The van der Waals surface area contributed by atoms with Gasteiger partial charge in [0.2, 0.25) is 0 Å². The number of nitrogens with zero attached hydrogens (tertiary/aromatic N) is 2. The second-order valence-corrected chi connectivity index (χ2v) is 5.57. The van der Waals surface area contributed by atoms with Crippen LogP contribution in [0.15, 0.2) is 24.3 Å². The number of fused-ring (bicyclic) bond motifs is 1. The molecule has 20 heavy (non-hydrogen) atoms. The molecule has 1 aromatic carbocycles. The zero-order chi connectivity index (χ0) is 13.8. The number of anilines is 1. The van der Waals surface area contributed by atoms with E-state index in [1.807, 2.05) is 31.2 Å². The molecule has 2 heterocycles. The van der Waals surface area contributed by atoms with E-state index in [1.54, 1.807) is 0 Å². The summed E-state index contributed by atoms with van der Waals surface area (Å²) >= 11 is 0. The monoisotopic (exact) mass is 270 g/mol. The summed E-state index contributed by atoms with van der Waals surface area (Å²) in [6.07, 6.45) is 3.84. The van der Waals surface area contributed by atoms with E-state index in [9.17, 15) is 0 Å². The molecular weight excluding hydrogens is 248 g/mol. The molecule has 1 fully saturated rings. The number of hydrogen-bond donors (Lipinski definition) is 2. The molecule has 0 saturated carbocycles. The summed E-state index contributed by atoms with van der Waals surface area (Å²) in [6, 6.07) is 8.02. The van der Waals surface area contributed by atoms with Gasteiger partial charge in [-0.25, -0.2) is 9.97 Å². The molecule has 106 valence electrons. The molecule has 2 aromatic rings. The Bertz CT molecular complexity index is 576. The SMILES string of the molecule is Cc1nc2ccccc2nc1NCCC1CCCNC1. The van der Waals surface area contributed by atoms with Crippen molar-refractivity contribution in [3.8, 4) is 0 Å². The van der Waals surface area contributed by atoms with Gasteiger partial charge in [0.1, 0.15) is 5.82 Å². The molecule has 2 N–H and O–H groups in total.